The molecule has 2 rings (SSSR count). The average molecular weight is 354 g/mol. The molecular weight excluding hydrogens is 340 g/mol. The number of hydrogen-bond donors (Lipinski definition) is 2. The molecule has 2 aromatic rings. The summed E-state index contributed by atoms with van der Waals surface area (Å²) in [5.41, 5.74) is 7.55. The number of hydrogen-bond acceptors (Lipinski definition) is 2. The highest BCUT2D eigenvalue weighted by Gasteiger charge is 2.09. The summed E-state index contributed by atoms with van der Waals surface area (Å²) in [4.78, 5) is 11.1. The van der Waals surface area contributed by atoms with Crippen LogP contribution >= 0.6 is 27.5 Å². The number of carbonyl (C=O) groups is 1. The Balaban J connectivity index is 2.15. The van der Waals surface area contributed by atoms with Gasteiger partial charge in [-0.2, -0.15) is 0 Å². The molecule has 104 valence electrons. The lowest BCUT2D eigenvalue weighted by atomic mass is 10.1. The van der Waals surface area contributed by atoms with Crippen LogP contribution in [0, 0.1) is 0 Å². The van der Waals surface area contributed by atoms with Crippen molar-refractivity contribution in [3.05, 3.63) is 63.1 Å². The van der Waals surface area contributed by atoms with Crippen LogP contribution in [0.4, 0.5) is 5.69 Å². The zero-order valence-corrected chi connectivity index (χ0v) is 13.2. The second-order valence-electron chi connectivity index (χ2n) is 4.48. The van der Waals surface area contributed by atoms with Gasteiger partial charge in [-0.3, -0.25) is 4.79 Å². The summed E-state index contributed by atoms with van der Waals surface area (Å²) in [5, 5.41) is 3.69. The number of nitrogens with one attached hydrogen (secondary N) is 1. The molecule has 1 amide bonds. The molecule has 0 aliphatic heterocycles. The molecule has 0 heterocycles. The van der Waals surface area contributed by atoms with E-state index in [9.17, 15) is 4.79 Å². The monoisotopic (exact) mass is 352 g/mol. The number of primary amides is 1. The smallest absolute Gasteiger partial charge is 0.250 e. The largest absolute Gasteiger partial charge is 0.378 e. The van der Waals surface area contributed by atoms with Crippen LogP contribution in [-0.2, 0) is 0 Å². The first kappa shape index (κ1) is 14.9. The van der Waals surface area contributed by atoms with Gasteiger partial charge in [0.05, 0.1) is 10.6 Å². The summed E-state index contributed by atoms with van der Waals surface area (Å²) in [6.45, 7) is 2.05. The second kappa shape index (κ2) is 6.29. The standard InChI is InChI=1S/C15H14BrClN2O/c1-9(10-2-4-11(16)5-3-10)19-12-6-7-13(15(18)20)14(17)8-12/h2-9,19H,1H3,(H2,18,20). The van der Waals surface area contributed by atoms with Crippen LogP contribution in [0.2, 0.25) is 5.02 Å². The van der Waals surface area contributed by atoms with Gasteiger partial charge in [-0.25, -0.2) is 0 Å². The normalized spacial score (nSPS) is 11.9. The number of amides is 1. The van der Waals surface area contributed by atoms with E-state index in [4.69, 9.17) is 17.3 Å². The van der Waals surface area contributed by atoms with E-state index in [0.29, 0.717) is 10.6 Å². The molecule has 0 aliphatic rings. The molecule has 0 spiro atoms. The summed E-state index contributed by atoms with van der Waals surface area (Å²) in [6.07, 6.45) is 0. The summed E-state index contributed by atoms with van der Waals surface area (Å²) < 4.78 is 1.04. The third kappa shape index (κ3) is 3.52. The quantitative estimate of drug-likeness (QED) is 0.857. The van der Waals surface area contributed by atoms with Gasteiger partial charge in [-0.1, -0.05) is 39.7 Å². The van der Waals surface area contributed by atoms with E-state index in [0.717, 1.165) is 15.7 Å². The molecule has 0 bridgehead atoms. The number of carbonyl (C=O) groups excluding carboxylic acids is 1. The van der Waals surface area contributed by atoms with E-state index in [1.807, 2.05) is 24.3 Å². The summed E-state index contributed by atoms with van der Waals surface area (Å²) in [7, 11) is 0. The van der Waals surface area contributed by atoms with Gasteiger partial charge in [-0.05, 0) is 42.8 Å². The Bertz CT molecular complexity index is 628. The van der Waals surface area contributed by atoms with Crippen molar-refractivity contribution in [1.29, 1.82) is 0 Å². The fraction of sp³-hybridized carbons (Fsp3) is 0.133. The van der Waals surface area contributed by atoms with Crippen LogP contribution in [0.25, 0.3) is 0 Å². The fourth-order valence-electron chi connectivity index (χ4n) is 1.89. The SMILES string of the molecule is CC(Nc1ccc(C(N)=O)c(Cl)c1)c1ccc(Br)cc1. The summed E-state index contributed by atoms with van der Waals surface area (Å²) in [6, 6.07) is 13.3. The van der Waals surface area contributed by atoms with E-state index in [1.54, 1.807) is 18.2 Å². The van der Waals surface area contributed by atoms with Crippen molar-refractivity contribution in [3.8, 4) is 0 Å². The van der Waals surface area contributed by atoms with E-state index < -0.39 is 5.91 Å². The van der Waals surface area contributed by atoms with Gasteiger partial charge in [0, 0.05) is 16.2 Å². The zero-order valence-electron chi connectivity index (χ0n) is 10.9. The Kier molecular flexibility index (Phi) is 4.68. The highest BCUT2D eigenvalue weighted by Crippen LogP contribution is 2.25. The Hall–Kier alpha value is -1.52. The number of anilines is 1. The van der Waals surface area contributed by atoms with Crippen molar-refractivity contribution < 1.29 is 4.79 Å². The molecule has 3 nitrogen and oxygen atoms in total. The molecule has 0 fully saturated rings. The number of nitrogens with two attached hydrogens (primary N) is 1. The maximum absolute atomic E-state index is 11.1. The zero-order chi connectivity index (χ0) is 14.7. The molecule has 0 saturated heterocycles. The molecule has 0 aromatic heterocycles. The van der Waals surface area contributed by atoms with E-state index in [-0.39, 0.29) is 6.04 Å². The first-order valence-electron chi connectivity index (χ1n) is 6.08. The Morgan fingerprint density at radius 2 is 1.90 bits per heavy atom. The molecule has 0 saturated carbocycles. The first-order valence-corrected chi connectivity index (χ1v) is 7.26. The van der Waals surface area contributed by atoms with Gasteiger partial charge in [0.2, 0.25) is 5.91 Å². The van der Waals surface area contributed by atoms with Gasteiger partial charge in [0.15, 0.2) is 0 Å². The predicted octanol–water partition coefficient (Wildman–Crippen LogP) is 4.37. The molecule has 2 aromatic carbocycles. The summed E-state index contributed by atoms with van der Waals surface area (Å²) >= 11 is 9.44. The van der Waals surface area contributed by atoms with Crippen molar-refractivity contribution >= 4 is 39.1 Å². The van der Waals surface area contributed by atoms with Gasteiger partial charge < -0.3 is 11.1 Å². The maximum Gasteiger partial charge on any atom is 0.250 e. The van der Waals surface area contributed by atoms with E-state index >= 15 is 0 Å². The van der Waals surface area contributed by atoms with Gasteiger partial charge in [0.1, 0.15) is 0 Å². The predicted molar refractivity (Wildman–Crippen MR) is 86.1 cm³/mol. The molecule has 1 atom stereocenters. The minimum atomic E-state index is -0.525. The van der Waals surface area contributed by atoms with Gasteiger partial charge >= 0.3 is 0 Å². The lowest BCUT2D eigenvalue weighted by Crippen LogP contribution is -2.12. The van der Waals surface area contributed by atoms with E-state index in [1.165, 1.54) is 0 Å². The van der Waals surface area contributed by atoms with Crippen LogP contribution in [0.5, 0.6) is 0 Å². The summed E-state index contributed by atoms with van der Waals surface area (Å²) in [5.74, 6) is -0.525. The first-order chi connectivity index (χ1) is 9.47. The number of benzene rings is 2. The van der Waals surface area contributed by atoms with Crippen LogP contribution in [-0.4, -0.2) is 5.91 Å². The molecule has 1 unspecified atom stereocenters. The lowest BCUT2D eigenvalue weighted by Gasteiger charge is -2.16. The Morgan fingerprint density at radius 3 is 2.45 bits per heavy atom. The van der Waals surface area contributed by atoms with Crippen molar-refractivity contribution in [2.75, 3.05) is 5.32 Å². The minimum Gasteiger partial charge on any atom is -0.378 e. The molecule has 5 heteroatoms. The molecule has 0 radical (unpaired) electrons. The fourth-order valence-corrected chi connectivity index (χ4v) is 2.43. The molecular formula is C15H14BrClN2O. The van der Waals surface area contributed by atoms with Crippen molar-refractivity contribution in [2.45, 2.75) is 13.0 Å². The van der Waals surface area contributed by atoms with Crippen LogP contribution in [0.3, 0.4) is 0 Å². The Labute approximate surface area is 131 Å². The van der Waals surface area contributed by atoms with Crippen molar-refractivity contribution in [3.63, 3.8) is 0 Å². The minimum absolute atomic E-state index is 0.124. The average Bonchev–Trinajstić information content (AvgIpc) is 2.39. The molecule has 3 N–H and O–H groups in total. The number of rotatable bonds is 4. The lowest BCUT2D eigenvalue weighted by molar-refractivity contribution is 0.100. The van der Waals surface area contributed by atoms with Crippen LogP contribution in [0.15, 0.2) is 46.9 Å². The van der Waals surface area contributed by atoms with Crippen LogP contribution < -0.4 is 11.1 Å². The highest BCUT2D eigenvalue weighted by molar-refractivity contribution is 9.10. The highest BCUT2D eigenvalue weighted by atomic mass is 79.9. The third-order valence-corrected chi connectivity index (χ3v) is 3.83. The van der Waals surface area contributed by atoms with Crippen LogP contribution in [0.1, 0.15) is 28.9 Å². The van der Waals surface area contributed by atoms with Crippen molar-refractivity contribution in [2.24, 2.45) is 5.73 Å². The maximum atomic E-state index is 11.1. The third-order valence-electron chi connectivity index (χ3n) is 2.99. The topological polar surface area (TPSA) is 55.1 Å². The second-order valence-corrected chi connectivity index (χ2v) is 5.80. The molecule has 20 heavy (non-hydrogen) atoms. The molecule has 0 aliphatic carbocycles. The number of halogens is 2. The van der Waals surface area contributed by atoms with Crippen molar-refractivity contribution in [1.82, 2.24) is 0 Å². The van der Waals surface area contributed by atoms with Gasteiger partial charge in [0.25, 0.3) is 0 Å². The van der Waals surface area contributed by atoms with E-state index in [2.05, 4.69) is 28.2 Å². The van der Waals surface area contributed by atoms with Gasteiger partial charge in [-0.15, -0.1) is 0 Å². The Morgan fingerprint density at radius 1 is 1.25 bits per heavy atom.